The van der Waals surface area contributed by atoms with E-state index in [0.29, 0.717) is 16.5 Å². The smallest absolute Gasteiger partial charge is 0.271 e. The summed E-state index contributed by atoms with van der Waals surface area (Å²) in [5.41, 5.74) is 1.85. The topological polar surface area (TPSA) is 76.9 Å². The summed E-state index contributed by atoms with van der Waals surface area (Å²) in [6.45, 7) is 5.74. The Bertz CT molecular complexity index is 865. The fraction of sp³-hybridized carbons (Fsp3) is 0.231. The molecule has 0 aliphatic carbocycles. The molecule has 0 radical (unpaired) electrons. The minimum absolute atomic E-state index is 0.386. The summed E-state index contributed by atoms with van der Waals surface area (Å²) in [5, 5.41) is 15.6. The third-order valence-electron chi connectivity index (χ3n) is 2.89. The van der Waals surface area contributed by atoms with Gasteiger partial charge in [-0.3, -0.25) is 0 Å². The Hall–Kier alpha value is -2.48. The second kappa shape index (κ2) is 5.13. The van der Waals surface area contributed by atoms with E-state index >= 15 is 0 Å². The van der Waals surface area contributed by atoms with Gasteiger partial charge in [0.1, 0.15) is 11.5 Å². The van der Waals surface area contributed by atoms with Crippen molar-refractivity contribution < 1.29 is 4.42 Å². The molecule has 3 aromatic heterocycles. The molecule has 1 N–H and O–H groups in total. The maximum absolute atomic E-state index is 5.45. The molecule has 0 aliphatic rings. The van der Waals surface area contributed by atoms with Gasteiger partial charge in [0, 0.05) is 5.69 Å². The molecule has 0 atom stereocenters. The highest BCUT2D eigenvalue weighted by Crippen LogP contribution is 2.10. The normalized spacial score (nSPS) is 11.6. The van der Waals surface area contributed by atoms with E-state index in [-0.39, 0.29) is 0 Å². The molecule has 0 unspecified atom stereocenters. The molecular weight excluding hydrogens is 288 g/mol. The molecule has 0 saturated carbocycles. The Kier molecular flexibility index (Phi) is 3.30. The van der Waals surface area contributed by atoms with Crippen LogP contribution in [-0.4, -0.2) is 30.9 Å². The number of H-pyrrole nitrogens is 1. The van der Waals surface area contributed by atoms with Crippen LogP contribution in [0.1, 0.15) is 22.9 Å². The van der Waals surface area contributed by atoms with Crippen molar-refractivity contribution >= 4 is 18.4 Å². The Morgan fingerprint density at radius 1 is 1.33 bits per heavy atom. The van der Waals surface area contributed by atoms with E-state index in [4.69, 9.17) is 16.6 Å². The summed E-state index contributed by atoms with van der Waals surface area (Å²) in [7, 11) is 0. The van der Waals surface area contributed by atoms with Crippen molar-refractivity contribution in [2.75, 3.05) is 0 Å². The Labute approximate surface area is 125 Å². The van der Waals surface area contributed by atoms with Crippen molar-refractivity contribution in [2.45, 2.75) is 20.8 Å². The second-order valence-corrected chi connectivity index (χ2v) is 5.06. The van der Waals surface area contributed by atoms with Crippen molar-refractivity contribution in [3.8, 4) is 5.95 Å². The zero-order chi connectivity index (χ0) is 15.0. The summed E-state index contributed by atoms with van der Waals surface area (Å²) < 4.78 is 9.03. The number of aromatic nitrogens is 5. The highest BCUT2D eigenvalue weighted by molar-refractivity contribution is 7.71. The first kappa shape index (κ1) is 13.5. The van der Waals surface area contributed by atoms with E-state index in [0.717, 1.165) is 17.1 Å². The van der Waals surface area contributed by atoms with Crippen molar-refractivity contribution in [3.05, 3.63) is 45.9 Å². The number of nitrogens with zero attached hydrogens (tertiary/aromatic N) is 5. The number of aromatic amines is 1. The monoisotopic (exact) mass is 302 g/mol. The lowest BCUT2D eigenvalue weighted by molar-refractivity contribution is 0.527. The Balaban J connectivity index is 2.03. The van der Waals surface area contributed by atoms with Crippen molar-refractivity contribution in [2.24, 2.45) is 5.10 Å². The molecular formula is C13H14N6OS. The molecule has 21 heavy (non-hydrogen) atoms. The standard InChI is InChI=1S/C13H14N6OS/c1-8-6-9(2)18(17-8)12-15-16-13(21)19(12)14-7-11-5-4-10(3)20-11/h4-7H,1-3H3,(H,16,21)/b14-7-. The van der Waals surface area contributed by atoms with Gasteiger partial charge in [-0.05, 0) is 51.2 Å². The molecule has 108 valence electrons. The quantitative estimate of drug-likeness (QED) is 0.596. The van der Waals surface area contributed by atoms with Gasteiger partial charge >= 0.3 is 0 Å². The summed E-state index contributed by atoms with van der Waals surface area (Å²) in [5.74, 6) is 1.98. The highest BCUT2D eigenvalue weighted by Gasteiger charge is 2.11. The van der Waals surface area contributed by atoms with Gasteiger partial charge < -0.3 is 4.42 Å². The molecule has 0 aromatic carbocycles. The second-order valence-electron chi connectivity index (χ2n) is 4.67. The van der Waals surface area contributed by atoms with Crippen LogP contribution in [0.4, 0.5) is 0 Å². The van der Waals surface area contributed by atoms with Crippen molar-refractivity contribution in [3.63, 3.8) is 0 Å². The van der Waals surface area contributed by atoms with Crippen LogP contribution in [0.3, 0.4) is 0 Å². The molecule has 8 heteroatoms. The molecule has 3 aromatic rings. The molecule has 3 heterocycles. The van der Waals surface area contributed by atoms with E-state index < -0.39 is 0 Å². The van der Waals surface area contributed by atoms with E-state index in [2.05, 4.69) is 20.4 Å². The number of hydrogen-bond donors (Lipinski definition) is 1. The predicted molar refractivity (Wildman–Crippen MR) is 80.4 cm³/mol. The summed E-state index contributed by atoms with van der Waals surface area (Å²) in [6.07, 6.45) is 1.59. The van der Waals surface area contributed by atoms with Crippen LogP contribution in [0, 0.1) is 25.5 Å². The average molecular weight is 302 g/mol. The average Bonchev–Trinajstić information content (AvgIpc) is 3.08. The zero-order valence-corrected chi connectivity index (χ0v) is 12.7. The van der Waals surface area contributed by atoms with Crippen LogP contribution in [0.2, 0.25) is 0 Å². The SMILES string of the molecule is Cc1cc(C)n(-c2n[nH]c(=S)n2/N=C\c2ccc(C)o2)n1. The lowest BCUT2D eigenvalue weighted by Crippen LogP contribution is -2.07. The number of nitrogens with one attached hydrogen (secondary N) is 1. The van der Waals surface area contributed by atoms with Crippen molar-refractivity contribution in [1.29, 1.82) is 0 Å². The lowest BCUT2D eigenvalue weighted by atomic mass is 10.4. The highest BCUT2D eigenvalue weighted by atomic mass is 32.1. The molecule has 3 rings (SSSR count). The third-order valence-corrected chi connectivity index (χ3v) is 3.16. The van der Waals surface area contributed by atoms with E-state index in [9.17, 15) is 0 Å². The maximum Gasteiger partial charge on any atom is 0.271 e. The number of rotatable bonds is 3. The number of furan rings is 1. The van der Waals surface area contributed by atoms with E-state index in [1.807, 2.05) is 39.0 Å². The number of aryl methyl sites for hydroxylation is 3. The molecule has 0 aliphatic heterocycles. The minimum Gasteiger partial charge on any atom is -0.460 e. The molecule has 0 bridgehead atoms. The van der Waals surface area contributed by atoms with Crippen LogP contribution < -0.4 is 0 Å². The fourth-order valence-electron chi connectivity index (χ4n) is 1.99. The van der Waals surface area contributed by atoms with Crippen LogP contribution >= 0.6 is 12.2 Å². The number of hydrogen-bond acceptors (Lipinski definition) is 5. The van der Waals surface area contributed by atoms with Gasteiger partial charge in [0.25, 0.3) is 5.95 Å². The fourth-order valence-corrected chi connectivity index (χ4v) is 2.17. The lowest BCUT2D eigenvalue weighted by Gasteiger charge is -2.02. The first-order chi connectivity index (χ1) is 10.0. The Morgan fingerprint density at radius 2 is 2.14 bits per heavy atom. The van der Waals surface area contributed by atoms with Gasteiger partial charge in [-0.1, -0.05) is 0 Å². The largest absolute Gasteiger partial charge is 0.460 e. The molecule has 0 fully saturated rings. The van der Waals surface area contributed by atoms with Crippen LogP contribution in [0.15, 0.2) is 27.7 Å². The molecule has 0 saturated heterocycles. The summed E-state index contributed by atoms with van der Waals surface area (Å²) >= 11 is 5.20. The minimum atomic E-state index is 0.386. The van der Waals surface area contributed by atoms with Gasteiger partial charge in [-0.2, -0.15) is 14.9 Å². The van der Waals surface area contributed by atoms with Gasteiger partial charge in [-0.25, -0.2) is 9.78 Å². The maximum atomic E-state index is 5.45. The van der Waals surface area contributed by atoms with E-state index in [1.165, 1.54) is 4.68 Å². The Morgan fingerprint density at radius 3 is 2.76 bits per heavy atom. The van der Waals surface area contributed by atoms with Crippen LogP contribution in [-0.2, 0) is 0 Å². The first-order valence-corrected chi connectivity index (χ1v) is 6.77. The van der Waals surface area contributed by atoms with Gasteiger partial charge in [0.2, 0.25) is 4.77 Å². The van der Waals surface area contributed by atoms with Crippen molar-refractivity contribution in [1.82, 2.24) is 24.7 Å². The van der Waals surface area contributed by atoms with Crippen LogP contribution in [0.5, 0.6) is 0 Å². The molecule has 7 nitrogen and oxygen atoms in total. The summed E-state index contributed by atoms with van der Waals surface area (Å²) in [4.78, 5) is 0. The summed E-state index contributed by atoms with van der Waals surface area (Å²) in [6, 6.07) is 5.67. The zero-order valence-electron chi connectivity index (χ0n) is 11.9. The van der Waals surface area contributed by atoms with Gasteiger partial charge in [0.05, 0.1) is 11.9 Å². The first-order valence-electron chi connectivity index (χ1n) is 6.36. The third kappa shape index (κ3) is 2.57. The van der Waals surface area contributed by atoms with E-state index in [1.54, 1.807) is 10.9 Å². The van der Waals surface area contributed by atoms with Gasteiger partial charge in [-0.15, -0.1) is 5.10 Å². The molecule has 0 spiro atoms. The van der Waals surface area contributed by atoms with Crippen LogP contribution in [0.25, 0.3) is 5.95 Å². The van der Waals surface area contributed by atoms with Gasteiger partial charge in [0.15, 0.2) is 0 Å². The molecule has 0 amide bonds. The predicted octanol–water partition coefficient (Wildman–Crippen LogP) is 2.53.